The van der Waals surface area contributed by atoms with Crippen molar-refractivity contribution >= 4 is 11.8 Å². The SMILES string of the molecule is CC(NC(=O)CC(N)C(C)C)C(=O)N1CCOCC1. The number of carbonyl (C=O) groups excluding carboxylic acids is 2. The molecule has 1 rings (SSSR count). The van der Waals surface area contributed by atoms with Crippen molar-refractivity contribution in [3.8, 4) is 0 Å². The third kappa shape index (κ3) is 5.16. The molecule has 0 saturated carbocycles. The van der Waals surface area contributed by atoms with Gasteiger partial charge in [0, 0.05) is 25.6 Å². The molecule has 0 spiro atoms. The molecule has 6 nitrogen and oxygen atoms in total. The summed E-state index contributed by atoms with van der Waals surface area (Å²) in [6, 6.07) is -0.685. The van der Waals surface area contributed by atoms with Crippen LogP contribution in [-0.4, -0.2) is 55.1 Å². The molecule has 6 heteroatoms. The highest BCUT2D eigenvalue weighted by Gasteiger charge is 2.24. The first kappa shape index (κ1) is 15.9. The average molecular weight is 271 g/mol. The maximum atomic E-state index is 12.1. The lowest BCUT2D eigenvalue weighted by Gasteiger charge is -2.29. The van der Waals surface area contributed by atoms with Crippen molar-refractivity contribution < 1.29 is 14.3 Å². The number of carbonyl (C=O) groups is 2. The number of nitrogens with two attached hydrogens (primary N) is 1. The van der Waals surface area contributed by atoms with Gasteiger partial charge in [-0.3, -0.25) is 9.59 Å². The van der Waals surface area contributed by atoms with Crippen molar-refractivity contribution in [3.05, 3.63) is 0 Å². The van der Waals surface area contributed by atoms with Gasteiger partial charge < -0.3 is 20.7 Å². The summed E-state index contributed by atoms with van der Waals surface area (Å²) in [5.74, 6) is 0.0149. The number of nitrogens with one attached hydrogen (secondary N) is 1. The highest BCUT2D eigenvalue weighted by atomic mass is 16.5. The smallest absolute Gasteiger partial charge is 0.245 e. The van der Waals surface area contributed by atoms with Crippen LogP contribution in [0.4, 0.5) is 0 Å². The van der Waals surface area contributed by atoms with E-state index in [4.69, 9.17) is 10.5 Å². The Labute approximate surface area is 114 Å². The van der Waals surface area contributed by atoms with Crippen molar-refractivity contribution in [2.24, 2.45) is 11.7 Å². The molecule has 0 aromatic heterocycles. The Hall–Kier alpha value is -1.14. The van der Waals surface area contributed by atoms with Crippen LogP contribution >= 0.6 is 0 Å². The van der Waals surface area contributed by atoms with Gasteiger partial charge in [-0.1, -0.05) is 13.8 Å². The summed E-state index contributed by atoms with van der Waals surface area (Å²) < 4.78 is 5.19. The highest BCUT2D eigenvalue weighted by Crippen LogP contribution is 2.04. The summed E-state index contributed by atoms with van der Waals surface area (Å²) in [5, 5.41) is 2.71. The molecule has 2 amide bonds. The first-order valence-electron chi connectivity index (χ1n) is 6.83. The number of morpholine rings is 1. The van der Waals surface area contributed by atoms with Gasteiger partial charge in [0.05, 0.1) is 13.2 Å². The largest absolute Gasteiger partial charge is 0.378 e. The normalized spacial score (nSPS) is 19.1. The summed E-state index contributed by atoms with van der Waals surface area (Å²) in [6.45, 7) is 7.95. The van der Waals surface area contributed by atoms with E-state index in [0.717, 1.165) is 0 Å². The van der Waals surface area contributed by atoms with Gasteiger partial charge in [-0.15, -0.1) is 0 Å². The molecular formula is C13H25N3O3. The minimum Gasteiger partial charge on any atom is -0.378 e. The van der Waals surface area contributed by atoms with Gasteiger partial charge in [-0.25, -0.2) is 0 Å². The maximum absolute atomic E-state index is 12.1. The van der Waals surface area contributed by atoms with E-state index in [1.54, 1.807) is 11.8 Å². The molecular weight excluding hydrogens is 246 g/mol. The number of hydrogen-bond acceptors (Lipinski definition) is 4. The number of ether oxygens (including phenoxy) is 1. The Morgan fingerprint density at radius 2 is 1.84 bits per heavy atom. The van der Waals surface area contributed by atoms with Crippen LogP contribution < -0.4 is 11.1 Å². The highest BCUT2D eigenvalue weighted by molar-refractivity contribution is 5.87. The van der Waals surface area contributed by atoms with E-state index in [9.17, 15) is 9.59 Å². The Morgan fingerprint density at radius 3 is 2.37 bits per heavy atom. The Bertz CT molecular complexity index is 314. The van der Waals surface area contributed by atoms with E-state index in [1.807, 2.05) is 13.8 Å². The summed E-state index contributed by atoms with van der Waals surface area (Å²) in [6.07, 6.45) is 0.248. The van der Waals surface area contributed by atoms with Gasteiger partial charge in [-0.2, -0.15) is 0 Å². The van der Waals surface area contributed by atoms with Crippen molar-refractivity contribution in [2.45, 2.75) is 39.3 Å². The first-order chi connectivity index (χ1) is 8.91. The molecule has 1 aliphatic heterocycles. The fourth-order valence-electron chi connectivity index (χ4n) is 1.87. The van der Waals surface area contributed by atoms with E-state index in [1.165, 1.54) is 0 Å². The Kier molecular flexibility index (Phi) is 6.24. The molecule has 0 aromatic carbocycles. The van der Waals surface area contributed by atoms with Crippen LogP contribution in [-0.2, 0) is 14.3 Å². The van der Waals surface area contributed by atoms with E-state index in [2.05, 4.69) is 5.32 Å². The zero-order valence-corrected chi connectivity index (χ0v) is 12.0. The third-order valence-corrected chi connectivity index (χ3v) is 3.35. The zero-order valence-electron chi connectivity index (χ0n) is 12.0. The predicted octanol–water partition coefficient (Wildman–Crippen LogP) is -0.277. The van der Waals surface area contributed by atoms with E-state index in [0.29, 0.717) is 26.3 Å². The maximum Gasteiger partial charge on any atom is 0.245 e. The van der Waals surface area contributed by atoms with Crippen LogP contribution in [0.2, 0.25) is 0 Å². The molecule has 1 heterocycles. The summed E-state index contributed by atoms with van der Waals surface area (Å²) in [4.78, 5) is 25.6. The van der Waals surface area contributed by atoms with E-state index in [-0.39, 0.29) is 30.2 Å². The summed E-state index contributed by atoms with van der Waals surface area (Å²) in [5.41, 5.74) is 5.84. The molecule has 1 fully saturated rings. The third-order valence-electron chi connectivity index (χ3n) is 3.35. The van der Waals surface area contributed by atoms with E-state index >= 15 is 0 Å². The van der Waals surface area contributed by atoms with Gasteiger partial charge in [0.25, 0.3) is 0 Å². The second-order valence-corrected chi connectivity index (χ2v) is 5.34. The number of nitrogens with zero attached hydrogens (tertiary/aromatic N) is 1. The molecule has 0 radical (unpaired) electrons. The van der Waals surface area contributed by atoms with E-state index < -0.39 is 6.04 Å². The number of rotatable bonds is 5. The quantitative estimate of drug-likeness (QED) is 0.720. The van der Waals surface area contributed by atoms with Crippen molar-refractivity contribution in [1.82, 2.24) is 10.2 Å². The van der Waals surface area contributed by atoms with Crippen LogP contribution in [0.5, 0.6) is 0 Å². The second kappa shape index (κ2) is 7.45. The summed E-state index contributed by atoms with van der Waals surface area (Å²) in [7, 11) is 0. The molecule has 1 aliphatic rings. The van der Waals surface area contributed by atoms with Crippen LogP contribution in [0.3, 0.4) is 0 Å². The molecule has 1 saturated heterocycles. The fraction of sp³-hybridized carbons (Fsp3) is 0.846. The lowest BCUT2D eigenvalue weighted by atomic mass is 10.0. The lowest BCUT2D eigenvalue weighted by Crippen LogP contribution is -2.51. The van der Waals surface area contributed by atoms with Gasteiger partial charge in [0.15, 0.2) is 0 Å². The molecule has 110 valence electrons. The zero-order chi connectivity index (χ0) is 14.4. The van der Waals surface area contributed by atoms with Gasteiger partial charge >= 0.3 is 0 Å². The topological polar surface area (TPSA) is 84.7 Å². The predicted molar refractivity (Wildman–Crippen MR) is 72.4 cm³/mol. The second-order valence-electron chi connectivity index (χ2n) is 5.34. The Morgan fingerprint density at radius 1 is 1.26 bits per heavy atom. The molecule has 0 aromatic rings. The first-order valence-corrected chi connectivity index (χ1v) is 6.83. The molecule has 2 atom stereocenters. The molecule has 0 bridgehead atoms. The molecule has 0 aliphatic carbocycles. The number of amides is 2. The van der Waals surface area contributed by atoms with Crippen molar-refractivity contribution in [1.29, 1.82) is 0 Å². The standard InChI is InChI=1S/C13H25N3O3/c1-9(2)11(14)8-12(17)15-10(3)13(18)16-4-6-19-7-5-16/h9-11H,4-8,14H2,1-3H3,(H,15,17). The average Bonchev–Trinajstić information content (AvgIpc) is 2.38. The minimum absolute atomic E-state index is 0.0604. The van der Waals surface area contributed by atoms with Gasteiger partial charge in [0.1, 0.15) is 6.04 Å². The van der Waals surface area contributed by atoms with Crippen LogP contribution in [0.25, 0.3) is 0 Å². The fourth-order valence-corrected chi connectivity index (χ4v) is 1.87. The molecule has 2 unspecified atom stereocenters. The minimum atomic E-state index is -0.509. The summed E-state index contributed by atoms with van der Waals surface area (Å²) >= 11 is 0. The monoisotopic (exact) mass is 271 g/mol. The van der Waals surface area contributed by atoms with Crippen LogP contribution in [0.15, 0.2) is 0 Å². The van der Waals surface area contributed by atoms with Crippen molar-refractivity contribution in [2.75, 3.05) is 26.3 Å². The van der Waals surface area contributed by atoms with Gasteiger partial charge in [-0.05, 0) is 12.8 Å². The number of hydrogen-bond donors (Lipinski definition) is 2. The van der Waals surface area contributed by atoms with Gasteiger partial charge in [0.2, 0.25) is 11.8 Å². The van der Waals surface area contributed by atoms with Crippen LogP contribution in [0.1, 0.15) is 27.2 Å². The Balaban J connectivity index is 2.38. The molecule has 19 heavy (non-hydrogen) atoms. The lowest BCUT2D eigenvalue weighted by molar-refractivity contribution is -0.139. The van der Waals surface area contributed by atoms with Crippen molar-refractivity contribution in [3.63, 3.8) is 0 Å². The molecule has 3 N–H and O–H groups in total. The van der Waals surface area contributed by atoms with Crippen LogP contribution in [0, 0.1) is 5.92 Å².